The Hall–Kier alpha value is -2.45. The third kappa shape index (κ3) is 5.13. The lowest BCUT2D eigenvalue weighted by Crippen LogP contribution is -2.50. The van der Waals surface area contributed by atoms with Crippen molar-refractivity contribution in [2.45, 2.75) is 26.7 Å². The van der Waals surface area contributed by atoms with Gasteiger partial charge in [0.15, 0.2) is 0 Å². The monoisotopic (exact) mass is 416 g/mol. The van der Waals surface area contributed by atoms with Crippen LogP contribution in [0.25, 0.3) is 6.08 Å². The molecule has 0 saturated carbocycles. The van der Waals surface area contributed by atoms with Crippen LogP contribution in [0, 0.1) is 13.8 Å². The first kappa shape index (κ1) is 21.3. The third-order valence-electron chi connectivity index (χ3n) is 5.43. The van der Waals surface area contributed by atoms with Gasteiger partial charge in [-0.25, -0.2) is 8.42 Å². The molecule has 2 heterocycles. The minimum absolute atomic E-state index is 0.0597. The summed E-state index contributed by atoms with van der Waals surface area (Å²) in [6.45, 7) is 5.44. The van der Waals surface area contributed by atoms with E-state index in [1.54, 1.807) is 11.0 Å². The summed E-state index contributed by atoms with van der Waals surface area (Å²) >= 11 is 0. The highest BCUT2D eigenvalue weighted by Crippen LogP contribution is 2.16. The second-order valence-corrected chi connectivity index (χ2v) is 9.13. The Balaban J connectivity index is 1.53. The van der Waals surface area contributed by atoms with Crippen LogP contribution in [0.1, 0.15) is 28.9 Å². The number of piperazine rings is 1. The average Bonchev–Trinajstić information content (AvgIpc) is 2.97. The van der Waals surface area contributed by atoms with Crippen molar-refractivity contribution in [1.82, 2.24) is 19.0 Å². The standard InChI is InChI=1S/C21H28N4O3S/c1-17-20(18(2)23(3)22-17)9-10-21(26)24-12-14-25(15-13-24)29(27,28)16-11-19-7-5-4-6-8-19/h4-8,11,16H,9-10,12-15H2,1-3H3. The fourth-order valence-electron chi connectivity index (χ4n) is 3.58. The maximum atomic E-state index is 12.6. The highest BCUT2D eigenvalue weighted by Gasteiger charge is 2.27. The van der Waals surface area contributed by atoms with Crippen LogP contribution in [0.2, 0.25) is 0 Å². The number of amides is 1. The van der Waals surface area contributed by atoms with Crippen LogP contribution < -0.4 is 0 Å². The Kier molecular flexibility index (Phi) is 6.54. The van der Waals surface area contributed by atoms with Crippen LogP contribution in [0.5, 0.6) is 0 Å². The number of carbonyl (C=O) groups is 1. The molecule has 156 valence electrons. The molecule has 0 N–H and O–H groups in total. The van der Waals surface area contributed by atoms with E-state index >= 15 is 0 Å². The quantitative estimate of drug-likeness (QED) is 0.723. The van der Waals surface area contributed by atoms with Gasteiger partial charge in [0.2, 0.25) is 15.9 Å². The highest BCUT2D eigenvalue weighted by atomic mass is 32.2. The topological polar surface area (TPSA) is 75.5 Å². The van der Waals surface area contributed by atoms with Crippen molar-refractivity contribution in [3.63, 3.8) is 0 Å². The lowest BCUT2D eigenvalue weighted by Gasteiger charge is -2.33. The summed E-state index contributed by atoms with van der Waals surface area (Å²) in [5.41, 5.74) is 3.99. The Labute approximate surface area is 172 Å². The lowest BCUT2D eigenvalue weighted by atomic mass is 10.1. The summed E-state index contributed by atoms with van der Waals surface area (Å²) in [6.07, 6.45) is 2.67. The van der Waals surface area contributed by atoms with Crippen molar-refractivity contribution in [1.29, 1.82) is 0 Å². The molecule has 0 bridgehead atoms. The fourth-order valence-corrected chi connectivity index (χ4v) is 4.75. The van der Waals surface area contributed by atoms with Gasteiger partial charge in [0.05, 0.1) is 5.69 Å². The number of rotatable bonds is 6. The van der Waals surface area contributed by atoms with Crippen molar-refractivity contribution in [2.75, 3.05) is 26.2 Å². The van der Waals surface area contributed by atoms with Gasteiger partial charge in [-0.2, -0.15) is 9.40 Å². The average molecular weight is 417 g/mol. The van der Waals surface area contributed by atoms with Crippen molar-refractivity contribution in [2.24, 2.45) is 7.05 Å². The van der Waals surface area contributed by atoms with Crippen LogP contribution in [0.4, 0.5) is 0 Å². The van der Waals surface area contributed by atoms with Crippen molar-refractivity contribution in [3.8, 4) is 0 Å². The molecule has 7 nitrogen and oxygen atoms in total. The van der Waals surface area contributed by atoms with Gasteiger partial charge in [-0.15, -0.1) is 0 Å². The van der Waals surface area contributed by atoms with Crippen LogP contribution in [-0.4, -0.2) is 59.5 Å². The first-order chi connectivity index (χ1) is 13.8. The maximum absolute atomic E-state index is 12.6. The number of sulfonamides is 1. The minimum atomic E-state index is -3.49. The van der Waals surface area contributed by atoms with Crippen molar-refractivity contribution < 1.29 is 13.2 Å². The smallest absolute Gasteiger partial charge is 0.236 e. The van der Waals surface area contributed by atoms with Gasteiger partial charge in [0.1, 0.15) is 0 Å². The Morgan fingerprint density at radius 2 is 1.76 bits per heavy atom. The van der Waals surface area contributed by atoms with E-state index in [9.17, 15) is 13.2 Å². The predicted molar refractivity (Wildman–Crippen MR) is 114 cm³/mol. The Morgan fingerprint density at radius 1 is 1.10 bits per heavy atom. The third-order valence-corrected chi connectivity index (χ3v) is 7.00. The first-order valence-corrected chi connectivity index (χ1v) is 11.3. The van der Waals surface area contributed by atoms with Gasteiger partial charge in [-0.1, -0.05) is 30.3 Å². The zero-order valence-corrected chi connectivity index (χ0v) is 18.0. The number of hydrogen-bond acceptors (Lipinski definition) is 4. The molecule has 1 amide bonds. The molecule has 1 aliphatic heterocycles. The zero-order valence-electron chi connectivity index (χ0n) is 17.2. The molecule has 29 heavy (non-hydrogen) atoms. The predicted octanol–water partition coefficient (Wildman–Crippen LogP) is 2.11. The first-order valence-electron chi connectivity index (χ1n) is 9.78. The second kappa shape index (κ2) is 8.92. The molecule has 1 aromatic heterocycles. The van der Waals surface area contributed by atoms with Gasteiger partial charge in [-0.3, -0.25) is 9.48 Å². The van der Waals surface area contributed by atoms with E-state index in [4.69, 9.17) is 0 Å². The molecule has 3 rings (SSSR count). The molecule has 1 saturated heterocycles. The highest BCUT2D eigenvalue weighted by molar-refractivity contribution is 7.92. The van der Waals surface area contributed by atoms with E-state index < -0.39 is 10.0 Å². The van der Waals surface area contributed by atoms with Gasteiger partial charge in [0, 0.05) is 50.7 Å². The number of benzene rings is 1. The molecule has 1 aliphatic rings. The number of aromatic nitrogens is 2. The summed E-state index contributed by atoms with van der Waals surface area (Å²) < 4.78 is 28.4. The van der Waals surface area contributed by atoms with E-state index in [-0.39, 0.29) is 5.91 Å². The van der Waals surface area contributed by atoms with Gasteiger partial charge in [-0.05, 0) is 37.5 Å². The number of carbonyl (C=O) groups excluding carboxylic acids is 1. The molecule has 0 aliphatic carbocycles. The van der Waals surface area contributed by atoms with Crippen molar-refractivity contribution >= 4 is 22.0 Å². The summed E-state index contributed by atoms with van der Waals surface area (Å²) in [6, 6.07) is 9.33. The SMILES string of the molecule is Cc1nn(C)c(C)c1CCC(=O)N1CCN(S(=O)(=O)C=Cc2ccccc2)CC1. The molecule has 1 aromatic carbocycles. The molecule has 0 unspecified atom stereocenters. The molecular formula is C21H28N4O3S. The molecule has 0 atom stereocenters. The number of hydrogen-bond donors (Lipinski definition) is 0. The van der Waals surface area contributed by atoms with Crippen LogP contribution in [-0.2, 0) is 28.3 Å². The zero-order chi connectivity index (χ0) is 21.0. The number of aryl methyl sites for hydroxylation is 2. The molecule has 0 spiro atoms. The van der Waals surface area contributed by atoms with E-state index in [0.717, 1.165) is 22.5 Å². The van der Waals surface area contributed by atoms with Gasteiger partial charge < -0.3 is 4.90 Å². The Bertz CT molecular complexity index is 988. The van der Waals surface area contributed by atoms with Crippen LogP contribution in [0.15, 0.2) is 35.7 Å². The fraction of sp³-hybridized carbons (Fsp3) is 0.429. The van der Waals surface area contributed by atoms with Gasteiger partial charge in [0.25, 0.3) is 0 Å². The summed E-state index contributed by atoms with van der Waals surface area (Å²) in [4.78, 5) is 14.3. The van der Waals surface area contributed by atoms with E-state index in [0.29, 0.717) is 39.0 Å². The molecule has 0 radical (unpaired) electrons. The molecule has 1 fully saturated rings. The molecule has 8 heteroatoms. The molecule has 2 aromatic rings. The lowest BCUT2D eigenvalue weighted by molar-refractivity contribution is -0.132. The minimum Gasteiger partial charge on any atom is -0.340 e. The largest absolute Gasteiger partial charge is 0.340 e. The number of nitrogens with zero attached hydrogens (tertiary/aromatic N) is 4. The summed E-state index contributed by atoms with van der Waals surface area (Å²) in [5.74, 6) is 0.0597. The molecular weight excluding hydrogens is 388 g/mol. The second-order valence-electron chi connectivity index (χ2n) is 7.31. The summed E-state index contributed by atoms with van der Waals surface area (Å²) in [7, 11) is -1.59. The van der Waals surface area contributed by atoms with E-state index in [2.05, 4.69) is 5.10 Å². The van der Waals surface area contributed by atoms with Crippen LogP contribution >= 0.6 is 0 Å². The van der Waals surface area contributed by atoms with E-state index in [1.165, 1.54) is 9.71 Å². The van der Waals surface area contributed by atoms with Crippen LogP contribution in [0.3, 0.4) is 0 Å². The maximum Gasteiger partial charge on any atom is 0.236 e. The van der Waals surface area contributed by atoms with Crippen molar-refractivity contribution in [3.05, 3.63) is 58.3 Å². The summed E-state index contributed by atoms with van der Waals surface area (Å²) in [5, 5.41) is 5.63. The normalized spacial score (nSPS) is 15.9. The Morgan fingerprint density at radius 3 is 2.34 bits per heavy atom. The van der Waals surface area contributed by atoms with Gasteiger partial charge >= 0.3 is 0 Å². The van der Waals surface area contributed by atoms with E-state index in [1.807, 2.05) is 55.9 Å².